The maximum atomic E-state index is 13.1. The van der Waals surface area contributed by atoms with Crippen LogP contribution in [0.3, 0.4) is 0 Å². The molecule has 1 amide bonds. The molecule has 1 aliphatic heterocycles. The molecule has 0 spiro atoms. The number of rotatable bonds is 8. The van der Waals surface area contributed by atoms with Crippen molar-refractivity contribution < 1.29 is 9.53 Å². The van der Waals surface area contributed by atoms with Crippen LogP contribution in [0.5, 0.6) is 0 Å². The third kappa shape index (κ3) is 8.29. The van der Waals surface area contributed by atoms with E-state index in [-0.39, 0.29) is 11.5 Å². The molecule has 1 atom stereocenters. The third-order valence-corrected chi connectivity index (χ3v) is 7.66. The molecule has 0 bridgehead atoms. The zero-order valence-electron chi connectivity index (χ0n) is 21.6. The van der Waals surface area contributed by atoms with E-state index in [1.165, 1.54) is 16.7 Å². The number of hydrogen-bond acceptors (Lipinski definition) is 4. The highest BCUT2D eigenvalue weighted by Crippen LogP contribution is 2.32. The van der Waals surface area contributed by atoms with Gasteiger partial charge >= 0.3 is 0 Å². The van der Waals surface area contributed by atoms with Crippen LogP contribution < -0.4 is 10.9 Å². The Morgan fingerprint density at radius 3 is 2.60 bits per heavy atom. The first-order chi connectivity index (χ1) is 16.8. The number of halogens is 1. The van der Waals surface area contributed by atoms with Gasteiger partial charge in [-0.1, -0.05) is 22.0 Å². The minimum atomic E-state index is 0.0509. The van der Waals surface area contributed by atoms with Crippen LogP contribution in [0.2, 0.25) is 0 Å². The Kier molecular flexibility index (Phi) is 10.6. The molecule has 6 nitrogen and oxygen atoms in total. The first-order valence-corrected chi connectivity index (χ1v) is 13.5. The number of amides is 1. The van der Waals surface area contributed by atoms with Crippen molar-refractivity contribution in [2.24, 2.45) is 13.0 Å². The fourth-order valence-electron chi connectivity index (χ4n) is 4.47. The molecule has 0 radical (unpaired) electrons. The van der Waals surface area contributed by atoms with E-state index >= 15 is 0 Å². The van der Waals surface area contributed by atoms with Gasteiger partial charge in [0, 0.05) is 56.6 Å². The van der Waals surface area contributed by atoms with Gasteiger partial charge in [-0.2, -0.15) is 0 Å². The second-order valence-electron chi connectivity index (χ2n) is 9.85. The van der Waals surface area contributed by atoms with Gasteiger partial charge in [0.15, 0.2) is 0 Å². The van der Waals surface area contributed by atoms with Crippen LogP contribution in [0.1, 0.15) is 54.4 Å². The quantitative estimate of drug-likeness (QED) is 0.495. The van der Waals surface area contributed by atoms with Crippen molar-refractivity contribution in [2.75, 3.05) is 26.8 Å². The summed E-state index contributed by atoms with van der Waals surface area (Å²) in [5.74, 6) is 0.497. The lowest BCUT2D eigenvalue weighted by Gasteiger charge is -2.30. The number of methoxy groups -OCH3 is 1. The van der Waals surface area contributed by atoms with Crippen molar-refractivity contribution >= 4 is 21.8 Å². The zero-order valence-corrected chi connectivity index (χ0v) is 23.2. The molecule has 2 aromatic rings. The van der Waals surface area contributed by atoms with E-state index in [2.05, 4.69) is 45.2 Å². The number of aromatic nitrogens is 1. The number of carbonyl (C=O) groups is 1. The molecule has 1 aliphatic carbocycles. The van der Waals surface area contributed by atoms with Crippen molar-refractivity contribution in [3.05, 3.63) is 67.5 Å². The number of piperidine rings is 1. The van der Waals surface area contributed by atoms with Gasteiger partial charge in [-0.15, -0.1) is 0 Å². The van der Waals surface area contributed by atoms with Crippen LogP contribution in [0.25, 0.3) is 0 Å². The van der Waals surface area contributed by atoms with Gasteiger partial charge in [-0.25, -0.2) is 0 Å². The number of aryl methyl sites for hydroxylation is 3. The number of benzene rings is 1. The predicted molar refractivity (Wildman–Crippen MR) is 145 cm³/mol. The summed E-state index contributed by atoms with van der Waals surface area (Å²) in [5.41, 5.74) is 4.95. The summed E-state index contributed by atoms with van der Waals surface area (Å²) in [7, 11) is 3.49. The summed E-state index contributed by atoms with van der Waals surface area (Å²) in [6.07, 6.45) is 8.22. The molecule has 1 saturated carbocycles. The molecule has 35 heavy (non-hydrogen) atoms. The largest absolute Gasteiger partial charge is 0.385 e. The van der Waals surface area contributed by atoms with E-state index in [9.17, 15) is 9.59 Å². The normalized spacial score (nSPS) is 17.5. The molecule has 1 aromatic heterocycles. The molecule has 1 N–H and O–H groups in total. The number of nitrogens with one attached hydrogen (secondary N) is 1. The highest BCUT2D eigenvalue weighted by Gasteiger charge is 2.36. The van der Waals surface area contributed by atoms with E-state index in [1.807, 2.05) is 13.0 Å². The maximum Gasteiger partial charge on any atom is 0.250 e. The van der Waals surface area contributed by atoms with Crippen LogP contribution in [0, 0.1) is 19.8 Å². The van der Waals surface area contributed by atoms with Crippen LogP contribution >= 0.6 is 15.9 Å². The highest BCUT2D eigenvalue weighted by molar-refractivity contribution is 9.10. The molecular formula is C28H40BrN3O3. The summed E-state index contributed by atoms with van der Waals surface area (Å²) in [6, 6.07) is 8.44. The monoisotopic (exact) mass is 545 g/mol. The fraction of sp³-hybridized carbons (Fsp3) is 0.571. The van der Waals surface area contributed by atoms with Gasteiger partial charge in [-0.05, 0) is 93.3 Å². The Bertz CT molecular complexity index is 1040. The van der Waals surface area contributed by atoms with Crippen LogP contribution in [-0.4, -0.2) is 48.2 Å². The van der Waals surface area contributed by atoms with E-state index in [4.69, 9.17) is 4.74 Å². The number of nitrogens with zero attached hydrogens (tertiary/aromatic N) is 2. The second kappa shape index (κ2) is 13.4. The van der Waals surface area contributed by atoms with Crippen LogP contribution in [-0.2, 0) is 29.5 Å². The van der Waals surface area contributed by atoms with Crippen LogP contribution in [0.15, 0.2) is 39.7 Å². The van der Waals surface area contributed by atoms with Gasteiger partial charge in [0.05, 0.1) is 5.92 Å². The summed E-state index contributed by atoms with van der Waals surface area (Å²) in [5, 5.41) is 3.38. The van der Waals surface area contributed by atoms with Crippen molar-refractivity contribution in [3.8, 4) is 0 Å². The van der Waals surface area contributed by atoms with E-state index < -0.39 is 0 Å². The second-order valence-corrected chi connectivity index (χ2v) is 10.7. The highest BCUT2D eigenvalue weighted by atomic mass is 79.9. The third-order valence-electron chi connectivity index (χ3n) is 6.84. The van der Waals surface area contributed by atoms with E-state index in [0.717, 1.165) is 74.8 Å². The van der Waals surface area contributed by atoms with Crippen molar-refractivity contribution in [2.45, 2.75) is 65.0 Å². The fourth-order valence-corrected chi connectivity index (χ4v) is 5.02. The van der Waals surface area contributed by atoms with Gasteiger partial charge in [-0.3, -0.25) is 9.59 Å². The predicted octanol–water partition coefficient (Wildman–Crippen LogP) is 4.52. The molecule has 2 heterocycles. The van der Waals surface area contributed by atoms with Gasteiger partial charge < -0.3 is 19.5 Å². The first kappa shape index (κ1) is 27.6. The Labute approximate surface area is 218 Å². The summed E-state index contributed by atoms with van der Waals surface area (Å²) < 4.78 is 7.89. The lowest BCUT2D eigenvalue weighted by Crippen LogP contribution is -2.43. The minimum Gasteiger partial charge on any atom is -0.385 e. The molecule has 2 fully saturated rings. The number of carbonyl (C=O) groups excluding carboxylic acids is 1. The Balaban J connectivity index is 0.000000320. The molecular weight excluding hydrogens is 506 g/mol. The lowest BCUT2D eigenvalue weighted by molar-refractivity contribution is -0.137. The van der Waals surface area contributed by atoms with Crippen LogP contribution in [0.4, 0.5) is 0 Å². The molecule has 1 aromatic carbocycles. The first-order valence-electron chi connectivity index (χ1n) is 12.7. The SMILES string of the molecule is COCCCc1cc(CN(C(=O)C2CCCNC2)C2CC2)cc(Br)c1C.Cc1ccn(C)c(=O)c1. The Hall–Kier alpha value is -1.96. The van der Waals surface area contributed by atoms with Gasteiger partial charge in [0.25, 0.3) is 5.56 Å². The topological polar surface area (TPSA) is 63.6 Å². The number of pyridine rings is 1. The number of hydrogen-bond donors (Lipinski definition) is 1. The lowest BCUT2D eigenvalue weighted by atomic mass is 9.97. The summed E-state index contributed by atoms with van der Waals surface area (Å²) in [4.78, 5) is 26.0. The average Bonchev–Trinajstić information content (AvgIpc) is 3.69. The molecule has 1 unspecified atom stereocenters. The van der Waals surface area contributed by atoms with E-state index in [0.29, 0.717) is 11.9 Å². The molecule has 4 rings (SSSR count). The Morgan fingerprint density at radius 1 is 1.23 bits per heavy atom. The van der Waals surface area contributed by atoms with Crippen molar-refractivity contribution in [1.82, 2.24) is 14.8 Å². The molecule has 1 saturated heterocycles. The summed E-state index contributed by atoms with van der Waals surface area (Å²) >= 11 is 3.72. The zero-order chi connectivity index (χ0) is 25.4. The number of ether oxygens (including phenoxy) is 1. The van der Waals surface area contributed by atoms with E-state index in [1.54, 1.807) is 31.0 Å². The maximum absolute atomic E-state index is 13.1. The molecule has 7 heteroatoms. The molecule has 2 aliphatic rings. The smallest absolute Gasteiger partial charge is 0.250 e. The van der Waals surface area contributed by atoms with Gasteiger partial charge in [0.2, 0.25) is 5.91 Å². The van der Waals surface area contributed by atoms with Gasteiger partial charge in [0.1, 0.15) is 0 Å². The molecule has 192 valence electrons. The average molecular weight is 547 g/mol. The minimum absolute atomic E-state index is 0.0509. The summed E-state index contributed by atoms with van der Waals surface area (Å²) in [6.45, 7) is 7.46. The Morgan fingerprint density at radius 2 is 2.00 bits per heavy atom. The van der Waals surface area contributed by atoms with Crippen molar-refractivity contribution in [1.29, 1.82) is 0 Å². The van der Waals surface area contributed by atoms with Crippen molar-refractivity contribution in [3.63, 3.8) is 0 Å². The standard InChI is InChI=1S/C21H31BrN2O2.C7H9NO/c1-15-17(6-4-10-26-2)11-16(12-20(15)22)14-24(19-7-8-19)21(25)18-5-3-9-23-13-18;1-6-3-4-8(2)7(9)5-6/h11-12,18-19,23H,3-10,13-14H2,1-2H3;3-5H,1-2H3.